The van der Waals surface area contributed by atoms with Crippen LogP contribution in [-0.2, 0) is 16.2 Å². The molecular weight excluding hydrogens is 452 g/mol. The van der Waals surface area contributed by atoms with Crippen molar-refractivity contribution < 1.29 is 24.0 Å². The van der Waals surface area contributed by atoms with Crippen LogP contribution in [0, 0.1) is 10.1 Å². The largest absolute Gasteiger partial charge is 0.490 e. The number of nitro groups is 1. The lowest BCUT2D eigenvalue weighted by atomic mass is 10.2. The number of nitrogens with one attached hydrogen (secondary N) is 2. The Morgan fingerprint density at radius 1 is 0.971 bits per heavy atom. The molecule has 0 saturated heterocycles. The molecule has 3 aromatic carbocycles. The van der Waals surface area contributed by atoms with Gasteiger partial charge in [-0.3, -0.25) is 19.7 Å². The second-order valence-corrected chi connectivity index (χ2v) is 7.24. The number of hydrogen-bond donors (Lipinski definition) is 2. The molecule has 0 aliphatic rings. The maximum Gasteiger partial charge on any atom is 0.269 e. The Morgan fingerprint density at radius 3 is 2.40 bits per heavy atom. The molecule has 0 spiro atoms. The minimum absolute atomic E-state index is 0.0105. The first-order valence-electron chi connectivity index (χ1n) is 10.7. The van der Waals surface area contributed by atoms with Gasteiger partial charge in [0.1, 0.15) is 13.0 Å². The van der Waals surface area contributed by atoms with Crippen LogP contribution in [0.15, 0.2) is 77.9 Å². The highest BCUT2D eigenvalue weighted by Gasteiger charge is 2.10. The van der Waals surface area contributed by atoms with Crippen LogP contribution in [0.4, 0.5) is 11.4 Å². The van der Waals surface area contributed by atoms with E-state index in [-0.39, 0.29) is 18.7 Å². The fourth-order valence-corrected chi connectivity index (χ4v) is 2.96. The highest BCUT2D eigenvalue weighted by molar-refractivity contribution is 6.03. The zero-order valence-corrected chi connectivity index (χ0v) is 19.0. The Morgan fingerprint density at radius 2 is 1.71 bits per heavy atom. The monoisotopic (exact) mass is 476 g/mol. The number of carbonyl (C=O) groups is 2. The molecule has 0 fully saturated rings. The van der Waals surface area contributed by atoms with Gasteiger partial charge >= 0.3 is 0 Å². The molecule has 0 aliphatic heterocycles. The van der Waals surface area contributed by atoms with Crippen LogP contribution in [0.25, 0.3) is 0 Å². The topological polar surface area (TPSA) is 132 Å². The number of rotatable bonds is 11. The van der Waals surface area contributed by atoms with Crippen LogP contribution >= 0.6 is 0 Å². The fraction of sp³-hybridized carbons (Fsp3) is 0.160. The zero-order chi connectivity index (χ0) is 25.0. The van der Waals surface area contributed by atoms with E-state index in [0.717, 1.165) is 5.56 Å². The van der Waals surface area contributed by atoms with E-state index in [9.17, 15) is 19.7 Å². The molecule has 0 aliphatic carbocycles. The molecule has 35 heavy (non-hydrogen) atoms. The quantitative estimate of drug-likeness (QED) is 0.186. The van der Waals surface area contributed by atoms with Crippen LogP contribution in [0.1, 0.15) is 24.5 Å². The Labute approximate surface area is 201 Å². The van der Waals surface area contributed by atoms with E-state index >= 15 is 0 Å². The Hall–Kier alpha value is -4.73. The highest BCUT2D eigenvalue weighted by Crippen LogP contribution is 2.29. The molecule has 0 atom stereocenters. The summed E-state index contributed by atoms with van der Waals surface area (Å²) in [5.74, 6) is -0.0317. The van der Waals surface area contributed by atoms with Gasteiger partial charge in [-0.1, -0.05) is 18.2 Å². The molecule has 0 radical (unpaired) electrons. The molecule has 10 heteroatoms. The van der Waals surface area contributed by atoms with E-state index in [0.29, 0.717) is 29.4 Å². The standard InChI is InChI=1S/C25H24N4O6/c1-2-34-23-14-19(10-13-22(23)35-17-18-8-11-21(12-9-18)29(32)33)16-26-28-25(31)15-24(30)27-20-6-4-3-5-7-20/h3-14,16H,2,15,17H2,1H3,(H,27,30)(H,28,31). The summed E-state index contributed by atoms with van der Waals surface area (Å²) in [7, 11) is 0. The number of anilines is 1. The summed E-state index contributed by atoms with van der Waals surface area (Å²) in [5.41, 5.74) is 4.35. The van der Waals surface area contributed by atoms with Gasteiger partial charge in [0.15, 0.2) is 11.5 Å². The first-order chi connectivity index (χ1) is 16.9. The van der Waals surface area contributed by atoms with E-state index in [4.69, 9.17) is 9.47 Å². The van der Waals surface area contributed by atoms with Gasteiger partial charge in [-0.15, -0.1) is 0 Å². The van der Waals surface area contributed by atoms with Crippen molar-refractivity contribution >= 4 is 29.4 Å². The van der Waals surface area contributed by atoms with Crippen molar-refractivity contribution in [3.63, 3.8) is 0 Å². The fourth-order valence-electron chi connectivity index (χ4n) is 2.96. The first-order valence-corrected chi connectivity index (χ1v) is 10.7. The number of carbonyl (C=O) groups excluding carboxylic acids is 2. The number of para-hydroxylation sites is 1. The minimum Gasteiger partial charge on any atom is -0.490 e. The van der Waals surface area contributed by atoms with Crippen LogP contribution in [-0.4, -0.2) is 29.6 Å². The van der Waals surface area contributed by atoms with E-state index in [2.05, 4.69) is 15.8 Å². The van der Waals surface area contributed by atoms with Gasteiger partial charge in [0, 0.05) is 17.8 Å². The number of nitro benzene ring substituents is 1. The summed E-state index contributed by atoms with van der Waals surface area (Å²) in [4.78, 5) is 34.2. The molecule has 10 nitrogen and oxygen atoms in total. The smallest absolute Gasteiger partial charge is 0.269 e. The molecule has 0 heterocycles. The predicted octanol–water partition coefficient (Wildman–Crippen LogP) is 4.05. The van der Waals surface area contributed by atoms with Gasteiger partial charge in [-0.25, -0.2) is 5.43 Å². The average molecular weight is 476 g/mol. The third-order valence-corrected chi connectivity index (χ3v) is 4.59. The molecule has 0 unspecified atom stereocenters. The van der Waals surface area contributed by atoms with E-state index in [1.165, 1.54) is 18.3 Å². The molecule has 3 rings (SSSR count). The third kappa shape index (κ3) is 7.97. The van der Waals surface area contributed by atoms with Crippen LogP contribution in [0.2, 0.25) is 0 Å². The minimum atomic E-state index is -0.553. The Balaban J connectivity index is 1.54. The molecule has 2 N–H and O–H groups in total. The van der Waals surface area contributed by atoms with Gasteiger partial charge < -0.3 is 14.8 Å². The number of amides is 2. The Kier molecular flexibility index (Phi) is 8.89. The summed E-state index contributed by atoms with van der Waals surface area (Å²) in [5, 5.41) is 17.3. The van der Waals surface area contributed by atoms with E-state index in [1.807, 2.05) is 13.0 Å². The van der Waals surface area contributed by atoms with Crippen LogP contribution < -0.4 is 20.2 Å². The van der Waals surface area contributed by atoms with E-state index < -0.39 is 16.7 Å². The number of benzene rings is 3. The summed E-state index contributed by atoms with van der Waals surface area (Å²) in [6, 6.07) is 20.1. The lowest BCUT2D eigenvalue weighted by Gasteiger charge is -2.12. The predicted molar refractivity (Wildman–Crippen MR) is 130 cm³/mol. The molecule has 180 valence electrons. The van der Waals surface area contributed by atoms with E-state index in [1.54, 1.807) is 54.6 Å². The van der Waals surface area contributed by atoms with Gasteiger partial charge in [0.25, 0.3) is 5.69 Å². The molecule has 0 aromatic heterocycles. The number of hydrazone groups is 1. The van der Waals surface area contributed by atoms with Gasteiger partial charge in [-0.05, 0) is 60.5 Å². The molecule has 0 saturated carbocycles. The number of nitrogens with zero attached hydrogens (tertiary/aromatic N) is 2. The van der Waals surface area contributed by atoms with Gasteiger partial charge in [0.05, 0.1) is 17.7 Å². The van der Waals surface area contributed by atoms with Gasteiger partial charge in [-0.2, -0.15) is 5.10 Å². The molecular formula is C25H24N4O6. The van der Waals surface area contributed by atoms with Crippen molar-refractivity contribution in [1.29, 1.82) is 0 Å². The maximum atomic E-state index is 12.0. The highest BCUT2D eigenvalue weighted by atomic mass is 16.6. The molecule has 3 aromatic rings. The van der Waals surface area contributed by atoms with Crippen LogP contribution in [0.5, 0.6) is 11.5 Å². The average Bonchev–Trinajstić information content (AvgIpc) is 2.84. The molecule has 2 amide bonds. The normalized spacial score (nSPS) is 10.5. The first kappa shape index (κ1) is 24.9. The maximum absolute atomic E-state index is 12.0. The van der Waals surface area contributed by atoms with Crippen molar-refractivity contribution in [2.75, 3.05) is 11.9 Å². The summed E-state index contributed by atoms with van der Waals surface area (Å²) >= 11 is 0. The van der Waals surface area contributed by atoms with Gasteiger partial charge in [0.2, 0.25) is 11.8 Å². The summed E-state index contributed by atoms with van der Waals surface area (Å²) in [6.45, 7) is 2.44. The number of hydrogen-bond acceptors (Lipinski definition) is 7. The second-order valence-electron chi connectivity index (χ2n) is 7.24. The summed E-state index contributed by atoms with van der Waals surface area (Å²) < 4.78 is 11.4. The summed E-state index contributed by atoms with van der Waals surface area (Å²) in [6.07, 6.45) is 1.06. The lowest BCUT2D eigenvalue weighted by molar-refractivity contribution is -0.384. The lowest BCUT2D eigenvalue weighted by Crippen LogP contribution is -2.24. The Bertz CT molecular complexity index is 1200. The molecule has 0 bridgehead atoms. The van der Waals surface area contributed by atoms with Crippen molar-refractivity contribution in [1.82, 2.24) is 5.43 Å². The van der Waals surface area contributed by atoms with Crippen molar-refractivity contribution in [3.05, 3.63) is 94.0 Å². The van der Waals surface area contributed by atoms with Crippen LogP contribution in [0.3, 0.4) is 0 Å². The third-order valence-electron chi connectivity index (χ3n) is 4.59. The number of ether oxygens (including phenoxy) is 2. The van der Waals surface area contributed by atoms with Crippen molar-refractivity contribution in [3.8, 4) is 11.5 Å². The van der Waals surface area contributed by atoms with Crippen molar-refractivity contribution in [2.45, 2.75) is 20.0 Å². The SMILES string of the molecule is CCOc1cc(C=NNC(=O)CC(=O)Nc2ccccc2)ccc1OCc1ccc([N+](=O)[O-])cc1. The number of non-ortho nitro benzene ring substituents is 1. The van der Waals surface area contributed by atoms with Crippen molar-refractivity contribution in [2.24, 2.45) is 5.10 Å². The second kappa shape index (κ2) is 12.5. The zero-order valence-electron chi connectivity index (χ0n) is 19.0.